The summed E-state index contributed by atoms with van der Waals surface area (Å²) < 4.78 is 29.8. The van der Waals surface area contributed by atoms with Crippen molar-refractivity contribution in [3.63, 3.8) is 0 Å². The Morgan fingerprint density at radius 1 is 1.00 bits per heavy atom. The molecule has 0 unspecified atom stereocenters. The summed E-state index contributed by atoms with van der Waals surface area (Å²) in [5, 5.41) is 14.0. The van der Waals surface area contributed by atoms with E-state index < -0.39 is 17.3 Å². The van der Waals surface area contributed by atoms with Gasteiger partial charge in [0.25, 0.3) is 5.92 Å². The van der Waals surface area contributed by atoms with Crippen molar-refractivity contribution in [3.8, 4) is 0 Å². The summed E-state index contributed by atoms with van der Waals surface area (Å²) in [6, 6.07) is 8.86. The lowest BCUT2D eigenvalue weighted by atomic mass is 9.85. The number of fused-ring (bicyclic) bond motifs is 2. The molecule has 0 radical (unpaired) electrons. The molecule has 1 aliphatic rings. The van der Waals surface area contributed by atoms with Gasteiger partial charge in [0, 0.05) is 34.0 Å². The van der Waals surface area contributed by atoms with Gasteiger partial charge in [-0.2, -0.15) is 5.10 Å². The van der Waals surface area contributed by atoms with Crippen molar-refractivity contribution in [2.75, 3.05) is 10.2 Å². The van der Waals surface area contributed by atoms with Gasteiger partial charge in [-0.25, -0.2) is 8.78 Å². The number of anilines is 2. The standard InChI is InChI=1S/C29H36F2N4O/c1-15(2)29(30,31)23-12-10-11-20(17(23)5)18(6)32-26-22-14-25-24(13-21(22)19(7)33-34-26)28(8,9)27(36)35(25)16(3)4/h10-16,18H,1-9H3,(H,32,34)/t18-/m1/s1. The van der Waals surface area contributed by atoms with Gasteiger partial charge in [-0.1, -0.05) is 32.0 Å². The van der Waals surface area contributed by atoms with Crippen molar-refractivity contribution in [1.29, 1.82) is 0 Å². The average molecular weight is 495 g/mol. The third-order valence-corrected chi connectivity index (χ3v) is 7.56. The molecule has 0 saturated carbocycles. The van der Waals surface area contributed by atoms with Crippen LogP contribution < -0.4 is 10.2 Å². The lowest BCUT2D eigenvalue weighted by Crippen LogP contribution is -2.40. The summed E-state index contributed by atoms with van der Waals surface area (Å²) in [5.74, 6) is -3.09. The van der Waals surface area contributed by atoms with E-state index in [0.717, 1.165) is 33.3 Å². The highest BCUT2D eigenvalue weighted by atomic mass is 19.3. The molecular weight excluding hydrogens is 458 g/mol. The maximum Gasteiger partial charge on any atom is 0.275 e. The van der Waals surface area contributed by atoms with Gasteiger partial charge in [-0.15, -0.1) is 5.10 Å². The predicted octanol–water partition coefficient (Wildman–Crippen LogP) is 7.20. The Labute approximate surface area is 212 Å². The number of hydrogen-bond donors (Lipinski definition) is 1. The fourth-order valence-corrected chi connectivity index (χ4v) is 5.24. The van der Waals surface area contributed by atoms with E-state index in [1.807, 2.05) is 58.6 Å². The Hall–Kier alpha value is -3.09. The lowest BCUT2D eigenvalue weighted by Gasteiger charge is -2.26. The van der Waals surface area contributed by atoms with Crippen LogP contribution in [0.3, 0.4) is 0 Å². The molecule has 1 N–H and O–H groups in total. The van der Waals surface area contributed by atoms with Crippen molar-refractivity contribution in [2.24, 2.45) is 5.92 Å². The van der Waals surface area contributed by atoms with Crippen molar-refractivity contribution >= 4 is 28.2 Å². The van der Waals surface area contributed by atoms with Crippen LogP contribution in [0.2, 0.25) is 0 Å². The summed E-state index contributed by atoms with van der Waals surface area (Å²) in [6.07, 6.45) is 0. The second-order valence-electron chi connectivity index (χ2n) is 11.1. The number of aromatic nitrogens is 2. The largest absolute Gasteiger partial charge is 0.362 e. The molecule has 3 aromatic rings. The summed E-state index contributed by atoms with van der Waals surface area (Å²) in [7, 11) is 0. The Morgan fingerprint density at radius 2 is 1.67 bits per heavy atom. The van der Waals surface area contributed by atoms with Gasteiger partial charge in [0.15, 0.2) is 5.82 Å². The van der Waals surface area contributed by atoms with Crippen LogP contribution in [0.4, 0.5) is 20.3 Å². The van der Waals surface area contributed by atoms with Gasteiger partial charge in [0.1, 0.15) is 0 Å². The summed E-state index contributed by atoms with van der Waals surface area (Å²) in [6.45, 7) is 16.6. The molecule has 1 aliphatic heterocycles. The van der Waals surface area contributed by atoms with Crippen LogP contribution in [0.15, 0.2) is 30.3 Å². The Kier molecular flexibility index (Phi) is 6.34. The number of amides is 1. The number of carbonyl (C=O) groups is 1. The van der Waals surface area contributed by atoms with Gasteiger partial charge >= 0.3 is 0 Å². The Morgan fingerprint density at radius 3 is 2.28 bits per heavy atom. The molecule has 2 heterocycles. The van der Waals surface area contributed by atoms with Crippen LogP contribution >= 0.6 is 0 Å². The number of alkyl halides is 2. The first-order valence-corrected chi connectivity index (χ1v) is 12.6. The van der Waals surface area contributed by atoms with Crippen LogP contribution in [0.5, 0.6) is 0 Å². The number of benzene rings is 2. The molecule has 36 heavy (non-hydrogen) atoms. The number of hydrogen-bond acceptors (Lipinski definition) is 4. The molecule has 7 heteroatoms. The van der Waals surface area contributed by atoms with Crippen molar-refractivity contribution in [1.82, 2.24) is 10.2 Å². The average Bonchev–Trinajstić information content (AvgIpc) is 2.99. The highest BCUT2D eigenvalue weighted by molar-refractivity contribution is 6.11. The maximum atomic E-state index is 14.9. The molecule has 0 saturated heterocycles. The number of rotatable bonds is 6. The van der Waals surface area contributed by atoms with Gasteiger partial charge in [-0.05, 0) is 77.3 Å². The molecule has 192 valence electrons. The minimum Gasteiger partial charge on any atom is -0.362 e. The third kappa shape index (κ3) is 3.93. The normalized spacial score (nSPS) is 16.2. The van der Waals surface area contributed by atoms with E-state index in [9.17, 15) is 13.6 Å². The smallest absolute Gasteiger partial charge is 0.275 e. The molecule has 0 aliphatic carbocycles. The zero-order valence-corrected chi connectivity index (χ0v) is 22.6. The Bertz CT molecular complexity index is 1350. The van der Waals surface area contributed by atoms with E-state index in [4.69, 9.17) is 0 Å². The molecule has 1 aromatic heterocycles. The van der Waals surface area contributed by atoms with E-state index in [-0.39, 0.29) is 23.6 Å². The first kappa shape index (κ1) is 26.0. The van der Waals surface area contributed by atoms with Crippen molar-refractivity contribution in [2.45, 2.75) is 85.7 Å². The molecule has 1 atom stereocenters. The van der Waals surface area contributed by atoms with Crippen LogP contribution in [0, 0.1) is 19.8 Å². The fraction of sp³-hybridized carbons (Fsp3) is 0.483. The molecule has 0 fully saturated rings. The first-order valence-electron chi connectivity index (χ1n) is 12.6. The molecule has 0 spiro atoms. The number of nitrogens with zero attached hydrogens (tertiary/aromatic N) is 3. The highest BCUT2D eigenvalue weighted by Gasteiger charge is 2.45. The summed E-state index contributed by atoms with van der Waals surface area (Å²) in [4.78, 5) is 15.1. The summed E-state index contributed by atoms with van der Waals surface area (Å²) >= 11 is 0. The lowest BCUT2D eigenvalue weighted by molar-refractivity contribution is -0.122. The number of carbonyl (C=O) groups excluding carboxylic acids is 1. The van der Waals surface area contributed by atoms with Crippen LogP contribution in [-0.4, -0.2) is 22.1 Å². The maximum absolute atomic E-state index is 14.9. The van der Waals surface area contributed by atoms with Gasteiger partial charge in [0.05, 0.1) is 17.2 Å². The number of halogens is 2. The van der Waals surface area contributed by atoms with Crippen LogP contribution in [-0.2, 0) is 16.1 Å². The zero-order valence-electron chi connectivity index (χ0n) is 22.6. The second kappa shape index (κ2) is 8.79. The number of aryl methyl sites for hydroxylation is 1. The van der Waals surface area contributed by atoms with E-state index in [0.29, 0.717) is 11.4 Å². The molecular formula is C29H36F2N4O. The molecule has 0 bridgehead atoms. The van der Waals surface area contributed by atoms with Gasteiger partial charge < -0.3 is 10.2 Å². The van der Waals surface area contributed by atoms with E-state index in [2.05, 4.69) is 21.6 Å². The van der Waals surface area contributed by atoms with Gasteiger partial charge in [0.2, 0.25) is 5.91 Å². The molecule has 1 amide bonds. The first-order chi connectivity index (χ1) is 16.7. The molecule has 4 rings (SSSR count). The number of nitrogens with one attached hydrogen (secondary N) is 1. The van der Waals surface area contributed by atoms with E-state index >= 15 is 0 Å². The second-order valence-corrected chi connectivity index (χ2v) is 11.1. The van der Waals surface area contributed by atoms with Gasteiger partial charge in [-0.3, -0.25) is 4.79 Å². The predicted molar refractivity (Wildman–Crippen MR) is 142 cm³/mol. The van der Waals surface area contributed by atoms with Crippen molar-refractivity contribution < 1.29 is 13.6 Å². The van der Waals surface area contributed by atoms with E-state index in [1.54, 1.807) is 13.0 Å². The molecule has 5 nitrogen and oxygen atoms in total. The minimum atomic E-state index is -2.92. The molecule has 2 aromatic carbocycles. The Balaban J connectivity index is 1.81. The minimum absolute atomic E-state index is 0.00900. The van der Waals surface area contributed by atoms with Crippen molar-refractivity contribution in [3.05, 3.63) is 58.3 Å². The zero-order chi connectivity index (χ0) is 26.7. The highest BCUT2D eigenvalue weighted by Crippen LogP contribution is 2.46. The topological polar surface area (TPSA) is 58.1 Å². The van der Waals surface area contributed by atoms with Crippen LogP contribution in [0.25, 0.3) is 10.8 Å². The third-order valence-electron chi connectivity index (χ3n) is 7.56. The SMILES string of the molecule is Cc1c([C@@H](C)Nc2nnc(C)c3cc4c(cc23)N(C(C)C)C(=O)C4(C)C)cccc1C(F)(F)C(C)C. The van der Waals surface area contributed by atoms with E-state index in [1.165, 1.54) is 19.9 Å². The fourth-order valence-electron chi connectivity index (χ4n) is 5.24. The monoisotopic (exact) mass is 494 g/mol. The van der Waals surface area contributed by atoms with Crippen LogP contribution in [0.1, 0.15) is 82.5 Å². The quantitative estimate of drug-likeness (QED) is 0.394. The summed E-state index contributed by atoms with van der Waals surface area (Å²) in [5.41, 5.74) is 3.39.